The Balaban J connectivity index is 2.09. The number of hydrogen-bond acceptors (Lipinski definition) is 3. The Bertz CT molecular complexity index is 507. The molecule has 2 aromatic rings. The van der Waals surface area contributed by atoms with E-state index in [2.05, 4.69) is 23.3 Å². The highest BCUT2D eigenvalue weighted by Gasteiger charge is 2.22. The van der Waals surface area contributed by atoms with Gasteiger partial charge in [-0.1, -0.05) is 43.3 Å². The second-order valence-electron chi connectivity index (χ2n) is 4.65. The van der Waals surface area contributed by atoms with E-state index in [0.717, 1.165) is 18.5 Å². The fourth-order valence-corrected chi connectivity index (χ4v) is 3.02. The van der Waals surface area contributed by atoms with Crippen molar-refractivity contribution in [1.82, 2.24) is 4.90 Å². The van der Waals surface area contributed by atoms with Gasteiger partial charge in [0.2, 0.25) is 0 Å². The van der Waals surface area contributed by atoms with E-state index in [1.807, 2.05) is 43.4 Å². The molecule has 100 valence electrons. The fraction of sp³-hybridized carbons (Fsp3) is 0.312. The van der Waals surface area contributed by atoms with Gasteiger partial charge < -0.3 is 0 Å². The molecule has 2 rings (SSSR count). The Kier molecular flexibility index (Phi) is 4.88. The van der Waals surface area contributed by atoms with Gasteiger partial charge in [0.1, 0.15) is 0 Å². The van der Waals surface area contributed by atoms with Crippen molar-refractivity contribution in [3.05, 3.63) is 58.3 Å². The van der Waals surface area contributed by atoms with E-state index in [1.54, 1.807) is 11.3 Å². The van der Waals surface area contributed by atoms with Gasteiger partial charge in [0.05, 0.1) is 6.04 Å². The van der Waals surface area contributed by atoms with Gasteiger partial charge >= 0.3 is 0 Å². The van der Waals surface area contributed by atoms with Crippen LogP contribution in [0, 0.1) is 0 Å². The summed E-state index contributed by atoms with van der Waals surface area (Å²) in [6, 6.07) is 13.7. The van der Waals surface area contributed by atoms with Gasteiger partial charge in [0.25, 0.3) is 0 Å². The van der Waals surface area contributed by atoms with Crippen LogP contribution in [-0.4, -0.2) is 23.8 Å². The first kappa shape index (κ1) is 14.0. The smallest absolute Gasteiger partial charge is 0.179 e. The molecule has 0 aliphatic rings. The van der Waals surface area contributed by atoms with Crippen LogP contribution in [0.5, 0.6) is 0 Å². The van der Waals surface area contributed by atoms with Crippen LogP contribution in [0.3, 0.4) is 0 Å². The number of likely N-dealkylation sites (N-methyl/N-ethyl adjacent to an activating group) is 1. The minimum Gasteiger partial charge on any atom is -0.292 e. The first-order valence-corrected chi connectivity index (χ1v) is 7.42. The molecule has 0 radical (unpaired) electrons. The molecule has 3 heteroatoms. The predicted molar refractivity (Wildman–Crippen MR) is 80.6 cm³/mol. The molecule has 0 saturated heterocycles. The molecule has 1 unspecified atom stereocenters. The van der Waals surface area contributed by atoms with Gasteiger partial charge in [-0.2, -0.15) is 0 Å². The molecule has 2 nitrogen and oxygen atoms in total. The first-order valence-electron chi connectivity index (χ1n) is 6.54. The number of nitrogens with zero attached hydrogens (tertiary/aromatic N) is 1. The van der Waals surface area contributed by atoms with Crippen molar-refractivity contribution < 1.29 is 4.79 Å². The Labute approximate surface area is 118 Å². The normalized spacial score (nSPS) is 12.6. The number of benzene rings is 1. The standard InChI is InChI=1S/C16H19NOS/c1-3-15(16(18)13-8-5-4-6-9-13)17(2)12-14-10-7-11-19-14/h4-11,15H,3,12H2,1-2H3. The molecule has 1 aromatic heterocycles. The molecular weight excluding hydrogens is 254 g/mol. The van der Waals surface area contributed by atoms with E-state index >= 15 is 0 Å². The van der Waals surface area contributed by atoms with E-state index in [-0.39, 0.29) is 11.8 Å². The van der Waals surface area contributed by atoms with E-state index in [0.29, 0.717) is 0 Å². The van der Waals surface area contributed by atoms with Crippen molar-refractivity contribution in [1.29, 1.82) is 0 Å². The molecular formula is C16H19NOS. The largest absolute Gasteiger partial charge is 0.292 e. The molecule has 0 saturated carbocycles. The number of hydrogen-bond donors (Lipinski definition) is 0. The molecule has 1 aromatic carbocycles. The first-order chi connectivity index (χ1) is 9.22. The summed E-state index contributed by atoms with van der Waals surface area (Å²) in [4.78, 5) is 15.9. The topological polar surface area (TPSA) is 20.3 Å². The van der Waals surface area contributed by atoms with Gasteiger partial charge in [0.15, 0.2) is 5.78 Å². The summed E-state index contributed by atoms with van der Waals surface area (Å²) in [5.41, 5.74) is 0.798. The summed E-state index contributed by atoms with van der Waals surface area (Å²) in [7, 11) is 2.02. The van der Waals surface area contributed by atoms with Gasteiger partial charge in [-0.25, -0.2) is 0 Å². The van der Waals surface area contributed by atoms with Gasteiger partial charge in [0, 0.05) is 17.0 Å². The Morgan fingerprint density at radius 1 is 1.21 bits per heavy atom. The van der Waals surface area contributed by atoms with Crippen LogP contribution in [-0.2, 0) is 6.54 Å². The molecule has 0 spiro atoms. The predicted octanol–water partition coefficient (Wildman–Crippen LogP) is 3.84. The molecule has 0 aliphatic carbocycles. The number of ketones is 1. The molecule has 0 bridgehead atoms. The summed E-state index contributed by atoms with van der Waals surface area (Å²) in [5.74, 6) is 0.210. The van der Waals surface area contributed by atoms with Gasteiger partial charge in [-0.05, 0) is 24.9 Å². The maximum atomic E-state index is 12.5. The Hall–Kier alpha value is -1.45. The quantitative estimate of drug-likeness (QED) is 0.745. The molecule has 0 N–H and O–H groups in total. The van der Waals surface area contributed by atoms with E-state index in [4.69, 9.17) is 0 Å². The lowest BCUT2D eigenvalue weighted by Gasteiger charge is -2.25. The second kappa shape index (κ2) is 6.64. The van der Waals surface area contributed by atoms with Crippen LogP contribution in [0.1, 0.15) is 28.6 Å². The van der Waals surface area contributed by atoms with Crippen molar-refractivity contribution >= 4 is 17.1 Å². The molecule has 0 fully saturated rings. The van der Waals surface area contributed by atoms with Gasteiger partial charge in [-0.3, -0.25) is 9.69 Å². The summed E-state index contributed by atoms with van der Waals surface area (Å²) < 4.78 is 0. The Morgan fingerprint density at radius 3 is 2.53 bits per heavy atom. The summed E-state index contributed by atoms with van der Waals surface area (Å²) in [6.45, 7) is 2.89. The molecule has 0 amide bonds. The zero-order valence-corrected chi connectivity index (χ0v) is 12.2. The third-order valence-electron chi connectivity index (χ3n) is 3.27. The van der Waals surface area contributed by atoms with Crippen molar-refractivity contribution in [2.75, 3.05) is 7.05 Å². The third kappa shape index (κ3) is 3.52. The summed E-state index contributed by atoms with van der Waals surface area (Å²) in [5, 5.41) is 2.07. The van der Waals surface area contributed by atoms with Crippen LogP contribution in [0.2, 0.25) is 0 Å². The molecule has 1 heterocycles. The second-order valence-corrected chi connectivity index (χ2v) is 5.68. The maximum absolute atomic E-state index is 12.5. The molecule has 1 atom stereocenters. The minimum atomic E-state index is -0.0514. The van der Waals surface area contributed by atoms with Crippen molar-refractivity contribution in [3.8, 4) is 0 Å². The highest BCUT2D eigenvalue weighted by molar-refractivity contribution is 7.09. The SMILES string of the molecule is CCC(C(=O)c1ccccc1)N(C)Cc1cccs1. The zero-order valence-electron chi connectivity index (χ0n) is 11.4. The van der Waals surface area contributed by atoms with Crippen molar-refractivity contribution in [2.24, 2.45) is 0 Å². The lowest BCUT2D eigenvalue weighted by atomic mass is 10.0. The number of carbonyl (C=O) groups is 1. The number of thiophene rings is 1. The lowest BCUT2D eigenvalue weighted by molar-refractivity contribution is 0.0839. The Morgan fingerprint density at radius 2 is 1.95 bits per heavy atom. The number of rotatable bonds is 6. The summed E-state index contributed by atoms with van der Waals surface area (Å²) >= 11 is 1.73. The van der Waals surface area contributed by atoms with Crippen LogP contribution in [0.25, 0.3) is 0 Å². The van der Waals surface area contributed by atoms with Crippen LogP contribution in [0.4, 0.5) is 0 Å². The van der Waals surface area contributed by atoms with Gasteiger partial charge in [-0.15, -0.1) is 11.3 Å². The maximum Gasteiger partial charge on any atom is 0.179 e. The third-order valence-corrected chi connectivity index (χ3v) is 4.13. The number of carbonyl (C=O) groups excluding carboxylic acids is 1. The van der Waals surface area contributed by atoms with Crippen LogP contribution in [0.15, 0.2) is 47.8 Å². The summed E-state index contributed by atoms with van der Waals surface area (Å²) in [6.07, 6.45) is 0.829. The van der Waals surface area contributed by atoms with E-state index in [1.165, 1.54) is 4.88 Å². The van der Waals surface area contributed by atoms with E-state index < -0.39 is 0 Å². The average Bonchev–Trinajstić information content (AvgIpc) is 2.93. The minimum absolute atomic E-state index is 0.0514. The van der Waals surface area contributed by atoms with E-state index in [9.17, 15) is 4.79 Å². The number of Topliss-reactive ketones (excluding diaryl/α,β-unsaturated/α-hetero) is 1. The highest BCUT2D eigenvalue weighted by Crippen LogP contribution is 2.16. The molecule has 0 aliphatic heterocycles. The molecule has 19 heavy (non-hydrogen) atoms. The fourth-order valence-electron chi connectivity index (χ4n) is 2.25. The van der Waals surface area contributed by atoms with Crippen molar-refractivity contribution in [2.45, 2.75) is 25.9 Å². The van der Waals surface area contributed by atoms with Crippen LogP contribution >= 0.6 is 11.3 Å². The lowest BCUT2D eigenvalue weighted by Crippen LogP contribution is -2.37. The van der Waals surface area contributed by atoms with Crippen molar-refractivity contribution in [3.63, 3.8) is 0 Å². The van der Waals surface area contributed by atoms with Crippen LogP contribution < -0.4 is 0 Å². The average molecular weight is 273 g/mol. The highest BCUT2D eigenvalue weighted by atomic mass is 32.1. The monoisotopic (exact) mass is 273 g/mol. The zero-order chi connectivity index (χ0) is 13.7.